The Morgan fingerprint density at radius 3 is 3.00 bits per heavy atom. The fourth-order valence-corrected chi connectivity index (χ4v) is 2.06. The number of benzene rings is 1. The van der Waals surface area contributed by atoms with Gasteiger partial charge in [0.05, 0.1) is 12.2 Å². The van der Waals surface area contributed by atoms with Gasteiger partial charge in [-0.3, -0.25) is 4.79 Å². The molecule has 0 aliphatic heterocycles. The molecule has 0 atom stereocenters. The van der Waals surface area contributed by atoms with E-state index in [1.165, 1.54) is 11.3 Å². The van der Waals surface area contributed by atoms with E-state index in [2.05, 4.69) is 10.3 Å². The van der Waals surface area contributed by atoms with E-state index in [4.69, 9.17) is 17.3 Å². The molecular formula is C11H10ClN3OS. The molecule has 17 heavy (non-hydrogen) atoms. The van der Waals surface area contributed by atoms with E-state index in [1.54, 1.807) is 24.3 Å². The third kappa shape index (κ3) is 3.18. The molecule has 0 aliphatic rings. The fourth-order valence-electron chi connectivity index (χ4n) is 1.31. The van der Waals surface area contributed by atoms with Crippen molar-refractivity contribution in [2.45, 2.75) is 6.54 Å². The zero-order chi connectivity index (χ0) is 12.3. The summed E-state index contributed by atoms with van der Waals surface area (Å²) >= 11 is 7.15. The molecule has 0 aliphatic carbocycles. The summed E-state index contributed by atoms with van der Waals surface area (Å²) in [6.45, 7) is 0.360. The number of carbonyl (C=O) groups is 1. The van der Waals surface area contributed by atoms with Crippen molar-refractivity contribution in [2.24, 2.45) is 0 Å². The summed E-state index contributed by atoms with van der Waals surface area (Å²) in [4.78, 5) is 15.8. The molecule has 0 radical (unpaired) electrons. The van der Waals surface area contributed by atoms with Crippen LogP contribution in [0.25, 0.3) is 0 Å². The molecule has 0 saturated heterocycles. The number of nitrogen functional groups attached to an aromatic ring is 1. The van der Waals surface area contributed by atoms with Crippen LogP contribution in [0.15, 0.2) is 29.6 Å². The first-order chi connectivity index (χ1) is 8.15. The van der Waals surface area contributed by atoms with Gasteiger partial charge in [-0.05, 0) is 18.2 Å². The van der Waals surface area contributed by atoms with Crippen LogP contribution in [0, 0.1) is 0 Å². The van der Waals surface area contributed by atoms with Crippen LogP contribution >= 0.6 is 22.9 Å². The Morgan fingerprint density at radius 2 is 2.35 bits per heavy atom. The highest BCUT2D eigenvalue weighted by atomic mass is 35.5. The molecule has 1 aromatic heterocycles. The highest BCUT2D eigenvalue weighted by Crippen LogP contribution is 2.12. The van der Waals surface area contributed by atoms with Crippen LogP contribution in [0.4, 0.5) is 5.13 Å². The van der Waals surface area contributed by atoms with Crippen molar-refractivity contribution in [3.05, 3.63) is 45.9 Å². The van der Waals surface area contributed by atoms with Gasteiger partial charge in [-0.25, -0.2) is 4.98 Å². The predicted octanol–water partition coefficient (Wildman–Crippen LogP) is 2.31. The molecule has 88 valence electrons. The van der Waals surface area contributed by atoms with Crippen molar-refractivity contribution in [1.29, 1.82) is 0 Å². The molecule has 0 saturated carbocycles. The normalized spacial score (nSPS) is 10.2. The topological polar surface area (TPSA) is 68.0 Å². The van der Waals surface area contributed by atoms with Crippen LogP contribution < -0.4 is 11.1 Å². The lowest BCUT2D eigenvalue weighted by atomic mass is 10.2. The van der Waals surface area contributed by atoms with Crippen LogP contribution in [-0.2, 0) is 6.54 Å². The minimum Gasteiger partial charge on any atom is -0.375 e. The van der Waals surface area contributed by atoms with Gasteiger partial charge in [-0.2, -0.15) is 0 Å². The SMILES string of the molecule is Nc1nc(CNC(=O)c2cccc(Cl)c2)cs1. The van der Waals surface area contributed by atoms with E-state index in [-0.39, 0.29) is 5.91 Å². The molecule has 0 spiro atoms. The third-order valence-corrected chi connectivity index (χ3v) is 3.04. The smallest absolute Gasteiger partial charge is 0.251 e. The highest BCUT2D eigenvalue weighted by Gasteiger charge is 2.06. The van der Waals surface area contributed by atoms with E-state index >= 15 is 0 Å². The molecule has 6 heteroatoms. The summed E-state index contributed by atoms with van der Waals surface area (Å²) in [7, 11) is 0. The molecule has 0 fully saturated rings. The van der Waals surface area contributed by atoms with E-state index in [0.717, 1.165) is 5.69 Å². The first-order valence-corrected chi connectivity index (χ1v) is 6.14. The number of nitrogens with two attached hydrogens (primary N) is 1. The number of nitrogens with zero attached hydrogens (tertiary/aromatic N) is 1. The summed E-state index contributed by atoms with van der Waals surface area (Å²) in [5, 5.41) is 5.59. The minimum absolute atomic E-state index is 0.181. The maximum Gasteiger partial charge on any atom is 0.251 e. The van der Waals surface area contributed by atoms with Crippen LogP contribution in [0.3, 0.4) is 0 Å². The largest absolute Gasteiger partial charge is 0.375 e. The summed E-state index contributed by atoms with van der Waals surface area (Å²) in [5.74, 6) is -0.181. The van der Waals surface area contributed by atoms with Crippen molar-refractivity contribution in [1.82, 2.24) is 10.3 Å². The standard InChI is InChI=1S/C11H10ClN3OS/c12-8-3-1-2-7(4-8)10(16)14-5-9-6-17-11(13)15-9/h1-4,6H,5H2,(H2,13,15)(H,14,16). The summed E-state index contributed by atoms with van der Waals surface area (Å²) < 4.78 is 0. The number of carbonyl (C=O) groups excluding carboxylic acids is 1. The van der Waals surface area contributed by atoms with Crippen LogP contribution in [0.2, 0.25) is 5.02 Å². The average molecular weight is 268 g/mol. The van der Waals surface area contributed by atoms with E-state index in [9.17, 15) is 4.79 Å². The lowest BCUT2D eigenvalue weighted by Gasteiger charge is -2.03. The quantitative estimate of drug-likeness (QED) is 0.897. The summed E-state index contributed by atoms with van der Waals surface area (Å²) in [6, 6.07) is 6.78. The van der Waals surface area contributed by atoms with Crippen molar-refractivity contribution < 1.29 is 4.79 Å². The highest BCUT2D eigenvalue weighted by molar-refractivity contribution is 7.13. The van der Waals surface area contributed by atoms with Gasteiger partial charge >= 0.3 is 0 Å². The molecule has 0 unspecified atom stereocenters. The first kappa shape index (κ1) is 11.9. The monoisotopic (exact) mass is 267 g/mol. The number of aromatic nitrogens is 1. The molecule has 2 rings (SSSR count). The molecule has 1 heterocycles. The van der Waals surface area contributed by atoms with E-state index in [1.807, 2.05) is 5.38 Å². The number of anilines is 1. The number of amides is 1. The zero-order valence-electron chi connectivity index (χ0n) is 8.81. The van der Waals surface area contributed by atoms with Crippen LogP contribution in [0.1, 0.15) is 16.1 Å². The molecule has 4 nitrogen and oxygen atoms in total. The molecule has 2 aromatic rings. The van der Waals surface area contributed by atoms with Gasteiger partial charge in [0.15, 0.2) is 5.13 Å². The van der Waals surface area contributed by atoms with Gasteiger partial charge in [0.1, 0.15) is 0 Å². The van der Waals surface area contributed by atoms with Gasteiger partial charge in [-0.15, -0.1) is 11.3 Å². The molecular weight excluding hydrogens is 258 g/mol. The molecule has 1 amide bonds. The van der Waals surface area contributed by atoms with Gasteiger partial charge in [0, 0.05) is 16.0 Å². The first-order valence-electron chi connectivity index (χ1n) is 4.89. The molecule has 0 bridgehead atoms. The number of nitrogens with one attached hydrogen (secondary N) is 1. The predicted molar refractivity (Wildman–Crippen MR) is 69.1 cm³/mol. The Hall–Kier alpha value is -1.59. The van der Waals surface area contributed by atoms with Crippen molar-refractivity contribution >= 4 is 34.0 Å². The Morgan fingerprint density at radius 1 is 1.53 bits per heavy atom. The van der Waals surface area contributed by atoms with Crippen molar-refractivity contribution in [2.75, 3.05) is 5.73 Å². The van der Waals surface area contributed by atoms with Crippen LogP contribution in [0.5, 0.6) is 0 Å². The summed E-state index contributed by atoms with van der Waals surface area (Å²) in [6.07, 6.45) is 0. The second-order valence-electron chi connectivity index (χ2n) is 3.37. The van der Waals surface area contributed by atoms with Crippen molar-refractivity contribution in [3.63, 3.8) is 0 Å². The Bertz CT molecular complexity index is 541. The zero-order valence-corrected chi connectivity index (χ0v) is 10.4. The average Bonchev–Trinajstić information content (AvgIpc) is 2.72. The van der Waals surface area contributed by atoms with E-state index in [0.29, 0.717) is 22.3 Å². The van der Waals surface area contributed by atoms with Gasteiger partial charge in [0.25, 0.3) is 5.91 Å². The van der Waals surface area contributed by atoms with Gasteiger partial charge < -0.3 is 11.1 Å². The van der Waals surface area contributed by atoms with Crippen molar-refractivity contribution in [3.8, 4) is 0 Å². The third-order valence-electron chi connectivity index (χ3n) is 2.09. The number of hydrogen-bond acceptors (Lipinski definition) is 4. The lowest BCUT2D eigenvalue weighted by molar-refractivity contribution is 0.0950. The maximum absolute atomic E-state index is 11.8. The Kier molecular flexibility index (Phi) is 3.61. The van der Waals surface area contributed by atoms with E-state index < -0.39 is 0 Å². The second-order valence-corrected chi connectivity index (χ2v) is 4.70. The molecule has 1 aromatic carbocycles. The van der Waals surface area contributed by atoms with Gasteiger partial charge in [-0.1, -0.05) is 17.7 Å². The Labute approximate surface area is 107 Å². The maximum atomic E-state index is 11.8. The fraction of sp³-hybridized carbons (Fsp3) is 0.0909. The Balaban J connectivity index is 1.98. The van der Waals surface area contributed by atoms with Crippen LogP contribution in [-0.4, -0.2) is 10.9 Å². The number of thiazole rings is 1. The number of halogens is 1. The number of rotatable bonds is 3. The summed E-state index contributed by atoms with van der Waals surface area (Å²) in [5.41, 5.74) is 6.77. The lowest BCUT2D eigenvalue weighted by Crippen LogP contribution is -2.22. The molecule has 3 N–H and O–H groups in total. The van der Waals surface area contributed by atoms with Gasteiger partial charge in [0.2, 0.25) is 0 Å². The minimum atomic E-state index is -0.181. The second kappa shape index (κ2) is 5.16. The number of hydrogen-bond donors (Lipinski definition) is 2.